The average Bonchev–Trinajstić information content (AvgIpc) is 2.78. The minimum Gasteiger partial charge on any atom is -0.452 e. The molecule has 0 aromatic heterocycles. The van der Waals surface area contributed by atoms with Crippen LogP contribution >= 0.6 is 0 Å². The van der Waals surface area contributed by atoms with E-state index in [4.69, 9.17) is 4.74 Å². The van der Waals surface area contributed by atoms with Gasteiger partial charge >= 0.3 is 5.97 Å². The Bertz CT molecular complexity index is 1120. The van der Waals surface area contributed by atoms with Crippen molar-refractivity contribution in [3.05, 3.63) is 95.3 Å². The van der Waals surface area contributed by atoms with Crippen LogP contribution < -0.4 is 0 Å². The molecule has 0 saturated heterocycles. The lowest BCUT2D eigenvalue weighted by Gasteiger charge is -2.18. The van der Waals surface area contributed by atoms with E-state index in [2.05, 4.69) is 6.07 Å². The van der Waals surface area contributed by atoms with Gasteiger partial charge in [0.05, 0.1) is 17.2 Å². The molecule has 5 nitrogen and oxygen atoms in total. The summed E-state index contributed by atoms with van der Waals surface area (Å²) in [6.45, 7) is -0.410. The molecule has 0 fully saturated rings. The third kappa shape index (κ3) is 4.70. The second kappa shape index (κ2) is 9.48. The van der Waals surface area contributed by atoms with Crippen LogP contribution in [0.5, 0.6) is 0 Å². The molecule has 3 rings (SSSR count). The Hall–Kier alpha value is -3.98. The largest absolute Gasteiger partial charge is 0.452 e. The Morgan fingerprint density at radius 1 is 0.967 bits per heavy atom. The van der Waals surface area contributed by atoms with Crippen LogP contribution in [-0.4, -0.2) is 30.4 Å². The number of hydrogen-bond acceptors (Lipinski definition) is 4. The Balaban J connectivity index is 1.71. The summed E-state index contributed by atoms with van der Waals surface area (Å²) >= 11 is 0. The number of nitriles is 1. The van der Waals surface area contributed by atoms with Gasteiger partial charge in [0, 0.05) is 24.7 Å². The number of amides is 1. The van der Waals surface area contributed by atoms with E-state index in [1.807, 2.05) is 0 Å². The third-order valence-electron chi connectivity index (χ3n) is 4.60. The maximum Gasteiger partial charge on any atom is 0.339 e. The van der Waals surface area contributed by atoms with Crippen molar-refractivity contribution in [2.24, 2.45) is 0 Å². The summed E-state index contributed by atoms with van der Waals surface area (Å²) in [4.78, 5) is 26.3. The molecule has 0 heterocycles. The van der Waals surface area contributed by atoms with Crippen LogP contribution in [0.15, 0.2) is 72.8 Å². The van der Waals surface area contributed by atoms with Crippen LogP contribution in [0.25, 0.3) is 11.1 Å². The van der Waals surface area contributed by atoms with Crippen LogP contribution in [0.2, 0.25) is 0 Å². The molecular weight excluding hydrogens is 383 g/mol. The summed E-state index contributed by atoms with van der Waals surface area (Å²) in [6.07, 6.45) is 0. The molecule has 30 heavy (non-hydrogen) atoms. The Morgan fingerprint density at radius 2 is 1.60 bits per heavy atom. The van der Waals surface area contributed by atoms with Gasteiger partial charge in [-0.25, -0.2) is 9.18 Å². The first-order valence-electron chi connectivity index (χ1n) is 9.24. The van der Waals surface area contributed by atoms with Crippen molar-refractivity contribution in [3.8, 4) is 17.2 Å². The maximum atomic E-state index is 13.8. The zero-order valence-corrected chi connectivity index (χ0v) is 16.3. The van der Waals surface area contributed by atoms with E-state index in [0.29, 0.717) is 22.3 Å². The third-order valence-corrected chi connectivity index (χ3v) is 4.60. The number of hydrogen-bond donors (Lipinski definition) is 0. The number of halogens is 1. The van der Waals surface area contributed by atoms with Gasteiger partial charge in [-0.15, -0.1) is 0 Å². The molecule has 0 unspecified atom stereocenters. The average molecular weight is 402 g/mol. The van der Waals surface area contributed by atoms with Crippen molar-refractivity contribution in [1.82, 2.24) is 4.90 Å². The van der Waals surface area contributed by atoms with Gasteiger partial charge in [-0.3, -0.25) is 4.79 Å². The van der Waals surface area contributed by atoms with Crippen LogP contribution in [0.3, 0.4) is 0 Å². The molecule has 3 aromatic carbocycles. The van der Waals surface area contributed by atoms with Gasteiger partial charge < -0.3 is 9.64 Å². The fraction of sp³-hybridized carbons (Fsp3) is 0.125. The van der Waals surface area contributed by atoms with Gasteiger partial charge in [0.15, 0.2) is 6.61 Å². The van der Waals surface area contributed by atoms with E-state index in [-0.39, 0.29) is 12.1 Å². The molecule has 0 atom stereocenters. The molecule has 0 N–H and O–H groups in total. The first-order chi connectivity index (χ1) is 14.5. The van der Waals surface area contributed by atoms with Crippen LogP contribution in [0, 0.1) is 17.1 Å². The standard InChI is InChI=1S/C24H19FN2O3/c1-27(15-18-9-3-7-13-22(18)25)23(28)16-30-24(29)21-12-6-5-11-20(21)19-10-4-2-8-17(19)14-26/h2-13H,15-16H2,1H3. The fourth-order valence-electron chi connectivity index (χ4n) is 3.00. The number of benzene rings is 3. The Morgan fingerprint density at radius 3 is 2.33 bits per heavy atom. The number of carbonyl (C=O) groups excluding carboxylic acids is 2. The summed E-state index contributed by atoms with van der Waals surface area (Å²) in [5.41, 5.74) is 2.21. The predicted molar refractivity (Wildman–Crippen MR) is 110 cm³/mol. The van der Waals surface area contributed by atoms with Crippen molar-refractivity contribution in [1.29, 1.82) is 5.26 Å². The van der Waals surface area contributed by atoms with E-state index >= 15 is 0 Å². The highest BCUT2D eigenvalue weighted by Gasteiger charge is 2.18. The SMILES string of the molecule is CN(Cc1ccccc1F)C(=O)COC(=O)c1ccccc1-c1ccccc1C#N. The highest BCUT2D eigenvalue weighted by Crippen LogP contribution is 2.27. The van der Waals surface area contributed by atoms with E-state index < -0.39 is 24.3 Å². The van der Waals surface area contributed by atoms with Gasteiger partial charge in [0.1, 0.15) is 5.82 Å². The molecule has 0 spiro atoms. The number of rotatable bonds is 6. The Kier molecular flexibility index (Phi) is 6.56. The molecule has 1 amide bonds. The lowest BCUT2D eigenvalue weighted by atomic mass is 9.96. The predicted octanol–water partition coefficient (Wildman–Crippen LogP) is 4.18. The first-order valence-corrected chi connectivity index (χ1v) is 9.24. The van der Waals surface area contributed by atoms with Gasteiger partial charge in [-0.1, -0.05) is 54.6 Å². The van der Waals surface area contributed by atoms with Crippen LogP contribution in [-0.2, 0) is 16.1 Å². The first kappa shape index (κ1) is 20.7. The summed E-state index contributed by atoms with van der Waals surface area (Å²) < 4.78 is 19.0. The second-order valence-electron chi connectivity index (χ2n) is 6.62. The van der Waals surface area contributed by atoms with Gasteiger partial charge in [0.25, 0.3) is 5.91 Å². The summed E-state index contributed by atoms with van der Waals surface area (Å²) in [7, 11) is 1.51. The van der Waals surface area contributed by atoms with E-state index in [1.165, 1.54) is 18.0 Å². The number of esters is 1. The van der Waals surface area contributed by atoms with Crippen molar-refractivity contribution in [3.63, 3.8) is 0 Å². The molecule has 0 radical (unpaired) electrons. The molecule has 0 aliphatic heterocycles. The molecule has 0 aliphatic rings. The van der Waals surface area contributed by atoms with Crippen molar-refractivity contribution in [2.45, 2.75) is 6.54 Å². The fourth-order valence-corrected chi connectivity index (χ4v) is 3.00. The van der Waals surface area contributed by atoms with Crippen molar-refractivity contribution in [2.75, 3.05) is 13.7 Å². The van der Waals surface area contributed by atoms with E-state index in [1.54, 1.807) is 66.7 Å². The number of likely N-dealkylation sites (N-methyl/N-ethyl adjacent to an activating group) is 1. The molecule has 6 heteroatoms. The minimum atomic E-state index is -0.675. The van der Waals surface area contributed by atoms with Gasteiger partial charge in [-0.2, -0.15) is 5.26 Å². The van der Waals surface area contributed by atoms with E-state index in [9.17, 15) is 19.2 Å². The molecule has 0 aliphatic carbocycles. The maximum absolute atomic E-state index is 13.8. The van der Waals surface area contributed by atoms with Gasteiger partial charge in [-0.05, 0) is 23.8 Å². The lowest BCUT2D eigenvalue weighted by Crippen LogP contribution is -2.31. The molecule has 150 valence electrons. The van der Waals surface area contributed by atoms with Crippen molar-refractivity contribution >= 4 is 11.9 Å². The number of nitrogens with zero attached hydrogens (tertiary/aromatic N) is 2. The Labute approximate surface area is 173 Å². The zero-order chi connectivity index (χ0) is 21.5. The quantitative estimate of drug-likeness (QED) is 0.580. The molecule has 0 saturated carbocycles. The highest BCUT2D eigenvalue weighted by atomic mass is 19.1. The molecule has 0 bridgehead atoms. The number of ether oxygens (including phenoxy) is 1. The molecule has 3 aromatic rings. The van der Waals surface area contributed by atoms with Crippen molar-refractivity contribution < 1.29 is 18.7 Å². The normalized spacial score (nSPS) is 10.2. The zero-order valence-electron chi connectivity index (χ0n) is 16.3. The minimum absolute atomic E-state index is 0.0647. The lowest BCUT2D eigenvalue weighted by molar-refractivity contribution is -0.133. The van der Waals surface area contributed by atoms with E-state index in [0.717, 1.165) is 0 Å². The summed E-state index contributed by atoms with van der Waals surface area (Å²) in [6, 6.07) is 22.0. The molecular formula is C24H19FN2O3. The van der Waals surface area contributed by atoms with Crippen LogP contribution in [0.1, 0.15) is 21.5 Å². The number of carbonyl (C=O) groups is 2. The summed E-state index contributed by atoms with van der Waals surface area (Å²) in [5.74, 6) is -1.54. The smallest absolute Gasteiger partial charge is 0.339 e. The topological polar surface area (TPSA) is 70.4 Å². The second-order valence-corrected chi connectivity index (χ2v) is 6.62. The highest BCUT2D eigenvalue weighted by molar-refractivity contribution is 5.98. The van der Waals surface area contributed by atoms with Gasteiger partial charge in [0.2, 0.25) is 0 Å². The van der Waals surface area contributed by atoms with Crippen LogP contribution in [0.4, 0.5) is 4.39 Å². The monoisotopic (exact) mass is 402 g/mol. The summed E-state index contributed by atoms with van der Waals surface area (Å²) in [5, 5.41) is 9.34.